The zero-order chi connectivity index (χ0) is 85.2. The van der Waals surface area contributed by atoms with Gasteiger partial charge in [0.25, 0.3) is 11.8 Å². The first kappa shape index (κ1) is 102. The molecule has 0 fully saturated rings. The molecule has 0 unspecified atom stereocenters. The molecule has 1 heterocycles. The number of allylic oxidation sites excluding steroid dienone is 3. The van der Waals surface area contributed by atoms with Crippen molar-refractivity contribution < 1.29 is 76.4 Å². The van der Waals surface area contributed by atoms with Crippen molar-refractivity contribution >= 4 is 109 Å². The predicted molar refractivity (Wildman–Crippen MR) is 473 cm³/mol. The Kier molecular flexibility index (Phi) is 51.0. The van der Waals surface area contributed by atoms with Crippen LogP contribution in [0.3, 0.4) is 0 Å². The lowest BCUT2D eigenvalue weighted by Crippen LogP contribution is -2.48. The summed E-state index contributed by atoms with van der Waals surface area (Å²) >= 11 is 3.76. The maximum atomic E-state index is 13.6. The number of hydrogen-bond donors (Lipinski definition) is 4. The van der Waals surface area contributed by atoms with Gasteiger partial charge in [0.05, 0.1) is 32.6 Å². The van der Waals surface area contributed by atoms with Crippen molar-refractivity contribution in [1.29, 1.82) is 0 Å². The minimum absolute atomic E-state index is 0.0381. The fourth-order valence-corrected chi connectivity index (χ4v) is 15.8. The molecule has 0 bridgehead atoms. The molecule has 4 rings (SSSR count). The topological polar surface area (TPSA) is 287 Å². The van der Waals surface area contributed by atoms with Crippen molar-refractivity contribution in [3.63, 3.8) is 0 Å². The number of fused-ring (bicyclic) bond motifs is 3. The van der Waals surface area contributed by atoms with Crippen molar-refractivity contribution in [2.45, 2.75) is 330 Å². The van der Waals surface area contributed by atoms with Gasteiger partial charge in [-0.3, -0.25) is 28.8 Å². The van der Waals surface area contributed by atoms with E-state index in [2.05, 4.69) is 104 Å². The Bertz CT molecular complexity index is 3480. The van der Waals surface area contributed by atoms with Gasteiger partial charge in [0, 0.05) is 51.8 Å². The second-order valence-electron chi connectivity index (χ2n) is 33.7. The molecule has 2 aromatic carbocycles. The van der Waals surface area contributed by atoms with E-state index in [4.69, 9.17) is 28.4 Å². The van der Waals surface area contributed by atoms with Crippen LogP contribution in [-0.2, 0) is 68.5 Å². The van der Waals surface area contributed by atoms with Gasteiger partial charge < -0.3 is 49.7 Å². The normalized spacial score (nSPS) is 13.4. The highest BCUT2D eigenvalue weighted by atomic mass is 32.2. The average molecular weight is 1690 g/mol. The van der Waals surface area contributed by atoms with Crippen LogP contribution in [0.4, 0.5) is 9.59 Å². The maximum Gasteiger partial charge on any atom is 0.408 e. The van der Waals surface area contributed by atoms with Gasteiger partial charge in [-0.15, -0.1) is 11.3 Å². The molecule has 26 heteroatoms. The molecule has 3 aromatic rings. The van der Waals surface area contributed by atoms with E-state index in [1.165, 1.54) is 131 Å². The summed E-state index contributed by atoms with van der Waals surface area (Å²) in [4.78, 5) is 134. The number of carbonyl (C=O) groups is 10. The first-order valence-electron chi connectivity index (χ1n) is 42.3. The van der Waals surface area contributed by atoms with Crippen molar-refractivity contribution in [1.82, 2.24) is 26.3 Å². The lowest BCUT2D eigenvalue weighted by Gasteiger charge is -2.24. The number of hydrogen-bond acceptors (Lipinski definition) is 20. The summed E-state index contributed by atoms with van der Waals surface area (Å²) in [5, 5.41) is 12.8. The van der Waals surface area contributed by atoms with E-state index in [-0.39, 0.29) is 66.1 Å². The highest BCUT2D eigenvalue weighted by Crippen LogP contribution is 2.44. The molecule has 4 N–H and O–H groups in total. The van der Waals surface area contributed by atoms with E-state index < -0.39 is 99.8 Å². The Balaban J connectivity index is 0.000000597. The number of amides is 4. The first-order chi connectivity index (χ1) is 54.6. The molecule has 0 spiro atoms. The molecule has 644 valence electrons. The second-order valence-corrected chi connectivity index (χ2v) is 48.2. The summed E-state index contributed by atoms with van der Waals surface area (Å²) in [6, 6.07) is 15.7. The summed E-state index contributed by atoms with van der Waals surface area (Å²) in [5.74, 6) is -3.43. The molecule has 4 amide bonds. The second kappa shape index (κ2) is 57.3. The monoisotopic (exact) mass is 1690 g/mol. The van der Waals surface area contributed by atoms with E-state index >= 15 is 0 Å². The van der Waals surface area contributed by atoms with Crippen LogP contribution in [0.25, 0.3) is 11.1 Å². The smallest absolute Gasteiger partial charge is 0.408 e. The molecule has 0 saturated heterocycles. The SMILES string of the molecule is C/C=C(\NC(=O)c1csc(CNC(=O)OC(C)(C)C)n1)C(=O)N[C@H](C(=O)O[C@H](/C=C/CCSC(=O)CCCCCCCCCCCC)CC(=O)OCC[Si](C)(C)C)C(C)C.CCCCCCCCCCCCC(=O)SCC/C=C/[C@H](CC(=O)OCC[Si](C)(C)C)OC(=O)[C@@H](NC(=O)OCC1c2ccccc2-c2ccccc21)C(C)C. The Morgan fingerprint density at radius 3 is 1.38 bits per heavy atom. The van der Waals surface area contributed by atoms with Gasteiger partial charge in [-0.05, 0) is 112 Å². The number of nitrogens with zero attached hydrogens (tertiary/aromatic N) is 1. The van der Waals surface area contributed by atoms with E-state index in [0.29, 0.717) is 48.8 Å². The van der Waals surface area contributed by atoms with Crippen LogP contribution in [0.1, 0.15) is 269 Å². The molecule has 1 aromatic heterocycles. The molecule has 0 aliphatic heterocycles. The predicted octanol–water partition coefficient (Wildman–Crippen LogP) is 20.9. The number of thiazole rings is 1. The fourth-order valence-electron chi connectivity index (χ4n) is 12.2. The van der Waals surface area contributed by atoms with Crippen LogP contribution < -0.4 is 21.3 Å². The Hall–Kier alpha value is -6.88. The highest BCUT2D eigenvalue weighted by molar-refractivity contribution is 8.13. The fraction of sp³-hybridized carbons (Fsp3) is 0.652. The van der Waals surface area contributed by atoms with Crippen molar-refractivity contribution in [3.05, 3.63) is 112 Å². The van der Waals surface area contributed by atoms with Gasteiger partial charge in [-0.1, -0.05) is 287 Å². The molecule has 4 atom stereocenters. The lowest BCUT2D eigenvalue weighted by atomic mass is 9.98. The molecule has 1 aliphatic carbocycles. The van der Waals surface area contributed by atoms with Gasteiger partial charge in [0.1, 0.15) is 52.9 Å². The van der Waals surface area contributed by atoms with Gasteiger partial charge in [-0.2, -0.15) is 0 Å². The molecular weight excluding hydrogens is 1550 g/mol. The number of alkyl carbamates (subject to hydrolysis) is 2. The zero-order valence-electron chi connectivity index (χ0n) is 72.4. The maximum absolute atomic E-state index is 13.6. The standard InChI is InChI=1S/C45H67NO7SSi.C44H74N4O9S2Si/c1-7-8-9-10-11-12-13-14-15-16-28-42(48)54-30-22-21-23-35(32-41(47)51-29-31-55(4,5)6)53-44(49)43(34(2)3)46-45(50)52-33-40-38-26-19-17-24-36(38)37-25-18-20-27-39(37)40;1-11-13-14-15-16-17-18-19-20-21-25-38(50)58-27-23-22-24-33(29-37(49)55-26-28-60(8,9)10)56-42(53)39(32(3)4)48-40(51)34(12-2)47-41(52)35-31-59-36(46-35)30-45-43(54)57-44(5,6)7/h17-21,23-27,34-35,40,43H,7-16,22,28-33H2,1-6H3,(H,46,50);12,22,24,31-33,39H,11,13-21,23,25-30H2,1-10H3,(H,45,54)(H,47,52)(H,48,51)/b23-21+;24-22+,34-12-/t35-,43+;33-,39+/m11/s1. The lowest BCUT2D eigenvalue weighted by molar-refractivity contribution is -0.157. The number of nitrogens with one attached hydrogen (secondary N) is 4. The van der Waals surface area contributed by atoms with Gasteiger partial charge in [-0.25, -0.2) is 24.2 Å². The number of rotatable bonds is 55. The summed E-state index contributed by atoms with van der Waals surface area (Å²) in [7, 11) is -2.85. The van der Waals surface area contributed by atoms with Crippen LogP contribution in [0, 0.1) is 11.8 Å². The Morgan fingerprint density at radius 2 is 0.974 bits per heavy atom. The van der Waals surface area contributed by atoms with Gasteiger partial charge in [0.15, 0.2) is 10.2 Å². The van der Waals surface area contributed by atoms with Crippen molar-refractivity contribution in [3.8, 4) is 11.1 Å². The van der Waals surface area contributed by atoms with E-state index in [9.17, 15) is 47.9 Å². The molecule has 21 nitrogen and oxygen atoms in total. The van der Waals surface area contributed by atoms with Crippen LogP contribution in [-0.4, -0.2) is 140 Å². The summed E-state index contributed by atoms with van der Waals surface area (Å²) in [6.07, 6.45) is 31.6. The van der Waals surface area contributed by atoms with Crippen molar-refractivity contribution in [2.24, 2.45) is 11.8 Å². The summed E-state index contributed by atoms with van der Waals surface area (Å²) < 4.78 is 33.6. The number of carbonyl (C=O) groups excluding carboxylic acids is 10. The molecule has 0 radical (unpaired) electrons. The minimum Gasteiger partial charge on any atom is -0.466 e. The Morgan fingerprint density at radius 1 is 0.557 bits per heavy atom. The van der Waals surface area contributed by atoms with Crippen LogP contribution in [0.15, 0.2) is 90.0 Å². The summed E-state index contributed by atoms with van der Waals surface area (Å²) in [5.41, 5.74) is 3.71. The average Bonchev–Trinajstić information content (AvgIpc) is 1.62. The summed E-state index contributed by atoms with van der Waals surface area (Å²) in [6.45, 7) is 32.3. The third kappa shape index (κ3) is 46.8. The number of thioether (sulfide) groups is 2. The van der Waals surface area contributed by atoms with Crippen LogP contribution in [0.2, 0.25) is 51.4 Å². The van der Waals surface area contributed by atoms with Gasteiger partial charge in [0.2, 0.25) is 0 Å². The highest BCUT2D eigenvalue weighted by Gasteiger charge is 2.34. The number of benzene rings is 2. The largest absolute Gasteiger partial charge is 0.466 e. The minimum atomic E-state index is -1.45. The molecule has 1 aliphatic rings. The number of ether oxygens (including phenoxy) is 6. The third-order valence-corrected chi connectivity index (χ3v) is 25.0. The van der Waals surface area contributed by atoms with Crippen LogP contribution >= 0.6 is 34.9 Å². The van der Waals surface area contributed by atoms with E-state index in [0.717, 1.165) is 77.8 Å². The number of esters is 4. The van der Waals surface area contributed by atoms with Crippen molar-refractivity contribution in [2.75, 3.05) is 31.3 Å². The molecule has 0 saturated carbocycles. The number of unbranched alkanes of at least 4 members (excludes halogenated alkanes) is 18. The first-order valence-corrected chi connectivity index (χ1v) is 52.6. The third-order valence-electron chi connectivity index (χ3n) is 18.9. The Labute approximate surface area is 703 Å². The number of aromatic nitrogens is 1. The quantitative estimate of drug-likeness (QED) is 0.0102. The van der Waals surface area contributed by atoms with E-state index in [1.54, 1.807) is 59.8 Å². The van der Waals surface area contributed by atoms with Gasteiger partial charge >= 0.3 is 36.1 Å². The molecule has 115 heavy (non-hydrogen) atoms. The van der Waals surface area contributed by atoms with E-state index in [1.807, 2.05) is 44.2 Å². The molecular formula is C89H141N5O16S3Si2. The zero-order valence-corrected chi connectivity index (χ0v) is 76.8. The van der Waals surface area contributed by atoms with Crippen LogP contribution in [0.5, 0.6) is 0 Å².